The van der Waals surface area contributed by atoms with Crippen molar-refractivity contribution in [2.24, 2.45) is 0 Å². The van der Waals surface area contributed by atoms with Crippen LogP contribution in [0.15, 0.2) is 36.5 Å². The number of halogens is 1. The van der Waals surface area contributed by atoms with Gasteiger partial charge in [-0.15, -0.1) is 0 Å². The van der Waals surface area contributed by atoms with Gasteiger partial charge in [0, 0.05) is 18.8 Å². The van der Waals surface area contributed by atoms with Crippen molar-refractivity contribution in [2.45, 2.75) is 13.5 Å². The highest BCUT2D eigenvalue weighted by Gasteiger charge is 2.15. The number of pyridine rings is 1. The monoisotopic (exact) mass is 277 g/mol. The average molecular weight is 278 g/mol. The number of hydrogen-bond donors (Lipinski definition) is 1. The molecule has 0 radical (unpaired) electrons. The van der Waals surface area contributed by atoms with E-state index in [4.69, 9.17) is 11.6 Å². The van der Waals surface area contributed by atoms with Crippen LogP contribution in [0.5, 0.6) is 0 Å². The van der Waals surface area contributed by atoms with Crippen LogP contribution in [0.4, 0.5) is 11.5 Å². The Kier molecular flexibility index (Phi) is 3.97. The number of nitrogens with one attached hydrogen (secondary N) is 1. The Bertz CT molecular complexity index is 599. The normalized spacial score (nSPS) is 10.2. The summed E-state index contributed by atoms with van der Waals surface area (Å²) in [6.45, 7) is 2.47. The predicted octanol–water partition coefficient (Wildman–Crippen LogP) is 3.56. The molecule has 0 spiro atoms. The van der Waals surface area contributed by atoms with Crippen LogP contribution in [0.3, 0.4) is 0 Å². The third-order valence-corrected chi connectivity index (χ3v) is 2.82. The number of nitrogens with zero attached hydrogens (tertiary/aromatic N) is 2. The van der Waals surface area contributed by atoms with Crippen molar-refractivity contribution >= 4 is 23.1 Å². The topological polar surface area (TPSA) is 68.1 Å². The Balaban J connectivity index is 2.15. The van der Waals surface area contributed by atoms with Crippen LogP contribution in [0.25, 0.3) is 0 Å². The molecule has 0 aliphatic heterocycles. The molecule has 0 saturated heterocycles. The van der Waals surface area contributed by atoms with Gasteiger partial charge in [0.15, 0.2) is 0 Å². The van der Waals surface area contributed by atoms with Crippen molar-refractivity contribution in [1.29, 1.82) is 0 Å². The largest absolute Gasteiger partial charge is 0.360 e. The minimum Gasteiger partial charge on any atom is -0.360 e. The molecule has 2 rings (SSSR count). The Morgan fingerprint density at radius 2 is 2.05 bits per heavy atom. The van der Waals surface area contributed by atoms with Crippen LogP contribution in [-0.2, 0) is 6.54 Å². The second-order valence-corrected chi connectivity index (χ2v) is 4.55. The molecule has 1 N–H and O–H groups in total. The van der Waals surface area contributed by atoms with Gasteiger partial charge in [-0.1, -0.05) is 41.4 Å². The van der Waals surface area contributed by atoms with Crippen molar-refractivity contribution in [2.75, 3.05) is 5.32 Å². The van der Waals surface area contributed by atoms with E-state index in [1.165, 1.54) is 17.8 Å². The maximum absolute atomic E-state index is 10.9. The number of aryl methyl sites for hydroxylation is 1. The van der Waals surface area contributed by atoms with Crippen LogP contribution in [-0.4, -0.2) is 9.91 Å². The van der Waals surface area contributed by atoms with Crippen molar-refractivity contribution in [3.8, 4) is 0 Å². The molecule has 0 aliphatic carbocycles. The van der Waals surface area contributed by atoms with Gasteiger partial charge in [0.2, 0.25) is 5.82 Å². The Morgan fingerprint density at radius 3 is 2.68 bits per heavy atom. The van der Waals surface area contributed by atoms with Crippen LogP contribution in [0, 0.1) is 17.0 Å². The Labute approximate surface area is 115 Å². The number of rotatable bonds is 4. The second kappa shape index (κ2) is 5.67. The molecule has 1 aromatic carbocycles. The lowest BCUT2D eigenvalue weighted by atomic mass is 10.1. The lowest BCUT2D eigenvalue weighted by molar-refractivity contribution is -0.384. The summed E-state index contributed by atoms with van der Waals surface area (Å²) >= 11 is 5.70. The molecule has 98 valence electrons. The second-order valence-electron chi connectivity index (χ2n) is 4.12. The fourth-order valence-corrected chi connectivity index (χ4v) is 1.75. The third-order valence-electron chi connectivity index (χ3n) is 2.61. The van der Waals surface area contributed by atoms with E-state index in [0.717, 1.165) is 5.56 Å². The molecule has 6 heteroatoms. The summed E-state index contributed by atoms with van der Waals surface area (Å²) in [5.74, 6) is 0.218. The summed E-state index contributed by atoms with van der Waals surface area (Å²) in [5.41, 5.74) is 2.07. The van der Waals surface area contributed by atoms with Gasteiger partial charge >= 0.3 is 5.69 Å². The number of hydrogen-bond acceptors (Lipinski definition) is 4. The summed E-state index contributed by atoms with van der Waals surface area (Å²) in [6, 6.07) is 9.18. The van der Waals surface area contributed by atoms with E-state index >= 15 is 0 Å². The molecule has 1 heterocycles. The number of benzene rings is 1. The molecular weight excluding hydrogens is 266 g/mol. The quantitative estimate of drug-likeness (QED) is 0.685. The first kappa shape index (κ1) is 13.3. The van der Waals surface area contributed by atoms with Gasteiger partial charge in [-0.2, -0.15) is 0 Å². The van der Waals surface area contributed by atoms with Crippen LogP contribution >= 0.6 is 11.6 Å². The summed E-state index contributed by atoms with van der Waals surface area (Å²) in [5, 5.41) is 14.1. The highest BCUT2D eigenvalue weighted by atomic mass is 35.5. The SMILES string of the molecule is Cc1ccc(CNc2ncc(Cl)cc2[N+](=O)[O-])cc1. The highest BCUT2D eigenvalue weighted by Crippen LogP contribution is 2.25. The smallest absolute Gasteiger partial charge is 0.312 e. The Hall–Kier alpha value is -2.14. The van der Waals surface area contributed by atoms with E-state index in [1.807, 2.05) is 31.2 Å². The summed E-state index contributed by atoms with van der Waals surface area (Å²) in [4.78, 5) is 14.3. The van der Waals surface area contributed by atoms with Crippen molar-refractivity contribution in [3.05, 3.63) is 62.8 Å². The van der Waals surface area contributed by atoms with Gasteiger partial charge in [0.25, 0.3) is 0 Å². The maximum atomic E-state index is 10.9. The molecule has 0 amide bonds. The van der Waals surface area contributed by atoms with E-state index in [-0.39, 0.29) is 16.5 Å². The van der Waals surface area contributed by atoms with Gasteiger partial charge in [-0.05, 0) is 12.5 Å². The van der Waals surface area contributed by atoms with Gasteiger partial charge in [0.05, 0.1) is 9.95 Å². The summed E-state index contributed by atoms with van der Waals surface area (Å²) < 4.78 is 0. The number of nitro groups is 1. The highest BCUT2D eigenvalue weighted by molar-refractivity contribution is 6.30. The molecule has 0 unspecified atom stereocenters. The van der Waals surface area contributed by atoms with E-state index in [9.17, 15) is 10.1 Å². The zero-order valence-corrected chi connectivity index (χ0v) is 11.0. The molecule has 5 nitrogen and oxygen atoms in total. The van der Waals surface area contributed by atoms with Crippen molar-refractivity contribution < 1.29 is 4.92 Å². The van der Waals surface area contributed by atoms with Gasteiger partial charge in [0.1, 0.15) is 0 Å². The van der Waals surface area contributed by atoms with E-state index in [2.05, 4.69) is 10.3 Å². The minimum absolute atomic E-state index is 0.125. The predicted molar refractivity (Wildman–Crippen MR) is 74.4 cm³/mol. The molecule has 1 aromatic heterocycles. The number of anilines is 1. The standard InChI is InChI=1S/C13H12ClN3O2/c1-9-2-4-10(5-3-9)7-15-13-12(17(18)19)6-11(14)8-16-13/h2-6,8H,7H2,1H3,(H,15,16). The zero-order valence-electron chi connectivity index (χ0n) is 10.3. The zero-order chi connectivity index (χ0) is 13.8. The van der Waals surface area contributed by atoms with Crippen LogP contribution < -0.4 is 5.32 Å². The van der Waals surface area contributed by atoms with Gasteiger partial charge < -0.3 is 5.32 Å². The van der Waals surface area contributed by atoms with E-state index in [1.54, 1.807) is 0 Å². The van der Waals surface area contributed by atoms with Gasteiger partial charge in [-0.25, -0.2) is 4.98 Å². The molecule has 19 heavy (non-hydrogen) atoms. The van der Waals surface area contributed by atoms with Crippen LogP contribution in [0.1, 0.15) is 11.1 Å². The first-order valence-electron chi connectivity index (χ1n) is 5.65. The molecule has 2 aromatic rings. The fourth-order valence-electron chi connectivity index (χ4n) is 1.60. The average Bonchev–Trinajstić information content (AvgIpc) is 2.39. The first-order valence-corrected chi connectivity index (χ1v) is 6.03. The number of aromatic nitrogens is 1. The van der Waals surface area contributed by atoms with E-state index < -0.39 is 4.92 Å². The summed E-state index contributed by atoms with van der Waals surface area (Å²) in [6.07, 6.45) is 1.38. The fraction of sp³-hybridized carbons (Fsp3) is 0.154. The van der Waals surface area contributed by atoms with Crippen LogP contribution in [0.2, 0.25) is 5.02 Å². The molecular formula is C13H12ClN3O2. The lowest BCUT2D eigenvalue weighted by Gasteiger charge is -2.06. The molecule has 0 bridgehead atoms. The summed E-state index contributed by atoms with van der Waals surface area (Å²) in [7, 11) is 0. The lowest BCUT2D eigenvalue weighted by Crippen LogP contribution is -2.04. The molecule has 0 atom stereocenters. The minimum atomic E-state index is -0.504. The maximum Gasteiger partial charge on any atom is 0.312 e. The Morgan fingerprint density at radius 1 is 1.37 bits per heavy atom. The van der Waals surface area contributed by atoms with Gasteiger partial charge in [-0.3, -0.25) is 10.1 Å². The molecule has 0 fully saturated rings. The van der Waals surface area contributed by atoms with Crippen molar-refractivity contribution in [1.82, 2.24) is 4.98 Å². The molecule has 0 aliphatic rings. The first-order chi connectivity index (χ1) is 9.06. The third kappa shape index (κ3) is 3.42. The van der Waals surface area contributed by atoms with Crippen molar-refractivity contribution in [3.63, 3.8) is 0 Å². The van der Waals surface area contributed by atoms with E-state index in [0.29, 0.717) is 6.54 Å². The molecule has 0 saturated carbocycles.